The van der Waals surface area contributed by atoms with Gasteiger partial charge in [0.05, 0.1) is 11.7 Å². The average Bonchev–Trinajstić information content (AvgIpc) is 3.13. The lowest BCUT2D eigenvalue weighted by atomic mass is 9.91. The number of nitrogens with one attached hydrogen (secondary N) is 1. The first kappa shape index (κ1) is 29.6. The lowest BCUT2D eigenvalue weighted by molar-refractivity contribution is -0.139. The van der Waals surface area contributed by atoms with Gasteiger partial charge in [-0.1, -0.05) is 31.5 Å². The van der Waals surface area contributed by atoms with Gasteiger partial charge < -0.3 is 10.2 Å². The van der Waals surface area contributed by atoms with Crippen molar-refractivity contribution < 1.29 is 4.79 Å². The summed E-state index contributed by atoms with van der Waals surface area (Å²) in [7, 11) is 0. The number of carbonyl (C=O) groups excluding carboxylic acids is 1. The third kappa shape index (κ3) is 6.54. The number of benzene rings is 1. The molecule has 3 aliphatic heterocycles. The molecule has 6 rings (SSSR count). The minimum absolute atomic E-state index is 0.168. The van der Waals surface area contributed by atoms with E-state index < -0.39 is 0 Å². The number of aromatic nitrogens is 1. The number of carbonyl (C=O) groups is 1. The van der Waals surface area contributed by atoms with Gasteiger partial charge >= 0.3 is 0 Å². The highest BCUT2D eigenvalue weighted by atomic mass is 79.9. The molecule has 1 aromatic heterocycles. The van der Waals surface area contributed by atoms with Crippen LogP contribution in [-0.4, -0.2) is 83.5 Å². The van der Waals surface area contributed by atoms with Crippen LogP contribution in [0.5, 0.6) is 0 Å². The van der Waals surface area contributed by atoms with Gasteiger partial charge in [0.25, 0.3) is 0 Å². The number of piperidine rings is 2. The number of fused-ring (bicyclic) bond motifs is 2. The number of nitrogens with zero attached hydrogens (tertiary/aromatic N) is 4. The highest BCUT2D eigenvalue weighted by Gasteiger charge is 2.38. The summed E-state index contributed by atoms with van der Waals surface area (Å²) in [5, 5.41) is 4.25. The fraction of sp³-hybridized carbons (Fsp3) is 0.636. The van der Waals surface area contributed by atoms with Crippen LogP contribution in [0.2, 0.25) is 5.02 Å². The van der Waals surface area contributed by atoms with Crippen LogP contribution < -0.4 is 5.32 Å². The predicted molar refractivity (Wildman–Crippen MR) is 169 cm³/mol. The van der Waals surface area contributed by atoms with Crippen LogP contribution in [0.1, 0.15) is 74.4 Å². The van der Waals surface area contributed by atoms with E-state index in [4.69, 9.17) is 16.6 Å². The van der Waals surface area contributed by atoms with Gasteiger partial charge in [0.2, 0.25) is 5.91 Å². The second kappa shape index (κ2) is 13.0. The normalized spacial score (nSPS) is 25.1. The maximum absolute atomic E-state index is 13.4. The van der Waals surface area contributed by atoms with Gasteiger partial charge in [0.15, 0.2) is 0 Å². The summed E-state index contributed by atoms with van der Waals surface area (Å²) in [5.41, 5.74) is 5.25. The molecule has 41 heavy (non-hydrogen) atoms. The molecule has 1 aromatic carbocycles. The second-order valence-electron chi connectivity index (χ2n) is 13.0. The van der Waals surface area contributed by atoms with Gasteiger partial charge in [-0.15, -0.1) is 0 Å². The number of hydrogen-bond donors (Lipinski definition) is 1. The maximum Gasteiger partial charge on any atom is 0.223 e. The molecule has 3 fully saturated rings. The Hall–Kier alpha value is -1.51. The fourth-order valence-electron chi connectivity index (χ4n) is 7.79. The Morgan fingerprint density at radius 2 is 1.78 bits per heavy atom. The second-order valence-corrected chi connectivity index (χ2v) is 14.4. The van der Waals surface area contributed by atoms with Gasteiger partial charge in [-0.2, -0.15) is 0 Å². The summed E-state index contributed by atoms with van der Waals surface area (Å²) in [6, 6.07) is 9.75. The third-order valence-electron chi connectivity index (χ3n) is 10.1. The van der Waals surface area contributed by atoms with Crippen molar-refractivity contribution >= 4 is 33.4 Å². The van der Waals surface area contributed by atoms with Gasteiger partial charge in [-0.25, -0.2) is 0 Å². The van der Waals surface area contributed by atoms with Crippen LogP contribution in [0.3, 0.4) is 0 Å². The van der Waals surface area contributed by atoms with E-state index in [1.165, 1.54) is 22.4 Å². The van der Waals surface area contributed by atoms with Crippen LogP contribution in [0.15, 0.2) is 34.9 Å². The number of likely N-dealkylation sites (tertiary alicyclic amines) is 1. The average molecular weight is 643 g/mol. The van der Waals surface area contributed by atoms with E-state index in [2.05, 4.69) is 68.0 Å². The molecule has 222 valence electrons. The van der Waals surface area contributed by atoms with Gasteiger partial charge in [-0.05, 0) is 114 Å². The molecular formula is C33H45BrClN5O. The quantitative estimate of drug-likeness (QED) is 0.453. The molecule has 0 radical (unpaired) electrons. The number of amides is 1. The Labute approximate surface area is 259 Å². The van der Waals surface area contributed by atoms with Crippen molar-refractivity contribution in [1.29, 1.82) is 0 Å². The van der Waals surface area contributed by atoms with Gasteiger partial charge in [0.1, 0.15) is 0 Å². The molecule has 0 saturated carbocycles. The molecule has 0 spiro atoms. The van der Waals surface area contributed by atoms with Crippen molar-refractivity contribution in [1.82, 2.24) is 25.0 Å². The molecular weight excluding hydrogens is 598 g/mol. The SMILES string of the molecule is CC(C)[C@H]1CN(C2CCN(C3c4ccc(Cl)cc4CCc4cc(Br)cnc43)CC2)CCN1C(=O)CC1CCNCC1. The van der Waals surface area contributed by atoms with Crippen molar-refractivity contribution in [3.05, 3.63) is 62.3 Å². The van der Waals surface area contributed by atoms with Crippen LogP contribution in [0.4, 0.5) is 0 Å². The number of hydrogen-bond acceptors (Lipinski definition) is 5. The lowest BCUT2D eigenvalue weighted by Gasteiger charge is -2.48. The Kier molecular flexibility index (Phi) is 9.38. The van der Waals surface area contributed by atoms with Crippen LogP contribution >= 0.6 is 27.5 Å². The van der Waals surface area contributed by atoms with Crippen molar-refractivity contribution in [2.24, 2.45) is 11.8 Å². The maximum atomic E-state index is 13.4. The van der Waals surface area contributed by atoms with Gasteiger partial charge in [-0.3, -0.25) is 19.6 Å². The lowest BCUT2D eigenvalue weighted by Crippen LogP contribution is -2.60. The van der Waals surface area contributed by atoms with Crippen LogP contribution in [-0.2, 0) is 17.6 Å². The molecule has 4 aliphatic rings. The number of rotatable bonds is 5. The van der Waals surface area contributed by atoms with Crippen molar-refractivity contribution in [3.63, 3.8) is 0 Å². The molecule has 1 unspecified atom stereocenters. The van der Waals surface area contributed by atoms with E-state index >= 15 is 0 Å². The highest BCUT2D eigenvalue weighted by molar-refractivity contribution is 9.10. The summed E-state index contributed by atoms with van der Waals surface area (Å²) in [6.07, 6.45) is 9.22. The molecule has 0 bridgehead atoms. The summed E-state index contributed by atoms with van der Waals surface area (Å²) in [4.78, 5) is 26.0. The monoisotopic (exact) mass is 641 g/mol. The molecule has 4 heterocycles. The molecule has 2 atom stereocenters. The smallest absolute Gasteiger partial charge is 0.223 e. The molecule has 3 saturated heterocycles. The molecule has 1 amide bonds. The first-order chi connectivity index (χ1) is 19.9. The first-order valence-corrected chi connectivity index (χ1v) is 17.0. The Bertz CT molecular complexity index is 1170. The number of piperazine rings is 1. The third-order valence-corrected chi connectivity index (χ3v) is 10.8. The van der Waals surface area contributed by atoms with Crippen molar-refractivity contribution in [2.45, 2.75) is 76.9 Å². The highest BCUT2D eigenvalue weighted by Crippen LogP contribution is 2.39. The summed E-state index contributed by atoms with van der Waals surface area (Å²) < 4.78 is 1.05. The zero-order chi connectivity index (χ0) is 28.5. The van der Waals surface area contributed by atoms with Crippen LogP contribution in [0.25, 0.3) is 0 Å². The van der Waals surface area contributed by atoms with Crippen molar-refractivity contribution in [3.8, 4) is 0 Å². The summed E-state index contributed by atoms with van der Waals surface area (Å²) >= 11 is 10.1. The van der Waals surface area contributed by atoms with E-state index in [1.54, 1.807) is 0 Å². The fourth-order valence-corrected chi connectivity index (χ4v) is 8.36. The predicted octanol–water partition coefficient (Wildman–Crippen LogP) is 5.71. The molecule has 6 nitrogen and oxygen atoms in total. The Morgan fingerprint density at radius 1 is 1.02 bits per heavy atom. The molecule has 1 N–H and O–H groups in total. The number of aryl methyl sites for hydroxylation is 2. The van der Waals surface area contributed by atoms with E-state index in [0.29, 0.717) is 29.8 Å². The summed E-state index contributed by atoms with van der Waals surface area (Å²) in [5.74, 6) is 1.39. The molecule has 2 aromatic rings. The van der Waals surface area contributed by atoms with E-state index in [1.807, 2.05) is 12.3 Å². The largest absolute Gasteiger partial charge is 0.337 e. The van der Waals surface area contributed by atoms with E-state index in [-0.39, 0.29) is 6.04 Å². The van der Waals surface area contributed by atoms with E-state index in [9.17, 15) is 4.79 Å². The molecule has 8 heteroatoms. The van der Waals surface area contributed by atoms with Crippen LogP contribution in [0, 0.1) is 11.8 Å². The van der Waals surface area contributed by atoms with E-state index in [0.717, 1.165) is 100 Å². The number of pyridine rings is 1. The topological polar surface area (TPSA) is 51.7 Å². The van der Waals surface area contributed by atoms with Crippen molar-refractivity contribution in [2.75, 3.05) is 45.8 Å². The first-order valence-electron chi connectivity index (χ1n) is 15.8. The Balaban J connectivity index is 1.13. The molecule has 1 aliphatic carbocycles. The number of halogens is 2. The summed E-state index contributed by atoms with van der Waals surface area (Å²) in [6.45, 7) is 11.7. The zero-order valence-corrected chi connectivity index (χ0v) is 27.0. The van der Waals surface area contributed by atoms with Gasteiger partial charge in [0, 0.05) is 66.9 Å². The minimum Gasteiger partial charge on any atom is -0.337 e. The Morgan fingerprint density at radius 3 is 2.54 bits per heavy atom. The minimum atomic E-state index is 0.168. The standard InChI is InChI=1S/C33H45BrClN5O/c1-22(2)30-21-39(15-16-40(30)31(41)17-23-7-11-36-12-8-23)28-9-13-38(14-10-28)33-29-6-5-27(35)19-24(29)3-4-25-18-26(34)20-37-32(25)33/h5-6,18-20,22-23,28,30,33,36H,3-4,7-17,21H2,1-2H3/t30-,33?/m1/s1. The zero-order valence-electron chi connectivity index (χ0n) is 24.6.